The van der Waals surface area contributed by atoms with E-state index in [4.69, 9.17) is 0 Å². The number of imidazole rings is 1. The van der Waals surface area contributed by atoms with Gasteiger partial charge in [0.25, 0.3) is 0 Å². The molecule has 2 heteroatoms. The summed E-state index contributed by atoms with van der Waals surface area (Å²) in [6.45, 7) is 0. The van der Waals surface area contributed by atoms with Crippen LogP contribution in [0.5, 0.6) is 0 Å². The van der Waals surface area contributed by atoms with Crippen molar-refractivity contribution in [3.05, 3.63) is 103 Å². The standard InChI is InChI=1S/C20H12.C7H6N2/c1-5-13-6-2-11-17-18-12-4-8-14-7-3-10-16(20(14)18)15(9-1)19(13)17;1-2-4-7-6(3-1)8-5-9-7/h1-12H;1-5H,(H,8,9). The first-order valence-corrected chi connectivity index (χ1v) is 9.82. The van der Waals surface area contributed by atoms with E-state index in [1.807, 2.05) is 24.3 Å². The van der Waals surface area contributed by atoms with Crippen LogP contribution >= 0.6 is 0 Å². The number of aromatic nitrogens is 2. The Bertz CT molecular complexity index is 1410. The second-order valence-corrected chi connectivity index (χ2v) is 7.34. The van der Waals surface area contributed by atoms with Crippen molar-refractivity contribution in [2.45, 2.75) is 0 Å². The zero-order valence-corrected chi connectivity index (χ0v) is 15.8. The lowest BCUT2D eigenvalue weighted by Gasteiger charge is -2.13. The van der Waals surface area contributed by atoms with E-state index in [-0.39, 0.29) is 0 Å². The second-order valence-electron chi connectivity index (χ2n) is 7.34. The normalized spacial score (nSPS) is 11.4. The van der Waals surface area contributed by atoms with Gasteiger partial charge in [-0.05, 0) is 55.2 Å². The number of aromatic amines is 1. The topological polar surface area (TPSA) is 28.7 Å². The molecular weight excluding hydrogens is 352 g/mol. The van der Waals surface area contributed by atoms with Crippen molar-refractivity contribution in [1.82, 2.24) is 9.97 Å². The molecular formula is C27H18N2. The highest BCUT2D eigenvalue weighted by Crippen LogP contribution is 2.39. The number of nitrogens with one attached hydrogen (secondary N) is 1. The van der Waals surface area contributed by atoms with Crippen molar-refractivity contribution in [2.75, 3.05) is 0 Å². The molecule has 0 atom stereocenters. The second kappa shape index (κ2) is 6.32. The summed E-state index contributed by atoms with van der Waals surface area (Å²) in [4.78, 5) is 7.07. The molecule has 0 radical (unpaired) electrons. The van der Waals surface area contributed by atoms with Gasteiger partial charge in [0, 0.05) is 0 Å². The number of hydrogen-bond acceptors (Lipinski definition) is 1. The summed E-state index contributed by atoms with van der Waals surface area (Å²) in [6.07, 6.45) is 1.70. The summed E-state index contributed by atoms with van der Waals surface area (Å²) in [6, 6.07) is 34.4. The van der Waals surface area contributed by atoms with Gasteiger partial charge in [-0.15, -0.1) is 0 Å². The Morgan fingerprint density at radius 3 is 1.45 bits per heavy atom. The summed E-state index contributed by atoms with van der Waals surface area (Å²) in [5, 5.41) is 10.9. The van der Waals surface area contributed by atoms with Gasteiger partial charge < -0.3 is 4.98 Å². The molecule has 0 saturated heterocycles. The van der Waals surface area contributed by atoms with Crippen LogP contribution in [-0.4, -0.2) is 9.97 Å². The number of hydrogen-bond donors (Lipinski definition) is 1. The molecule has 1 N–H and O–H groups in total. The molecule has 0 aliphatic carbocycles. The Kier molecular flexibility index (Phi) is 3.50. The minimum Gasteiger partial charge on any atom is -0.345 e. The minimum atomic E-state index is 1.03. The fraction of sp³-hybridized carbons (Fsp3) is 0. The first-order chi connectivity index (χ1) is 14.4. The fourth-order valence-electron chi connectivity index (χ4n) is 4.46. The molecule has 0 fully saturated rings. The van der Waals surface area contributed by atoms with Gasteiger partial charge >= 0.3 is 0 Å². The zero-order chi connectivity index (χ0) is 19.2. The number of H-pyrrole nitrogens is 1. The van der Waals surface area contributed by atoms with E-state index in [1.165, 1.54) is 43.1 Å². The Morgan fingerprint density at radius 1 is 0.483 bits per heavy atom. The molecule has 0 amide bonds. The first-order valence-electron chi connectivity index (χ1n) is 9.82. The van der Waals surface area contributed by atoms with Gasteiger partial charge in [0.2, 0.25) is 0 Å². The maximum Gasteiger partial charge on any atom is 0.0931 e. The Morgan fingerprint density at radius 2 is 0.966 bits per heavy atom. The van der Waals surface area contributed by atoms with Crippen molar-refractivity contribution >= 4 is 54.1 Å². The van der Waals surface area contributed by atoms with Crippen LogP contribution in [0.25, 0.3) is 54.1 Å². The zero-order valence-electron chi connectivity index (χ0n) is 15.8. The van der Waals surface area contributed by atoms with E-state index in [1.54, 1.807) is 6.33 Å². The molecule has 7 aromatic rings. The molecule has 0 aliphatic rings. The summed E-state index contributed by atoms with van der Waals surface area (Å²) in [5.41, 5.74) is 2.12. The van der Waals surface area contributed by atoms with Crippen LogP contribution in [0.4, 0.5) is 0 Å². The number of benzene rings is 6. The highest BCUT2D eigenvalue weighted by molar-refractivity contribution is 6.32. The van der Waals surface area contributed by atoms with Gasteiger partial charge in [-0.1, -0.05) is 84.9 Å². The van der Waals surface area contributed by atoms with Crippen molar-refractivity contribution in [3.8, 4) is 0 Å². The van der Waals surface area contributed by atoms with Gasteiger partial charge in [-0.25, -0.2) is 4.98 Å². The number of para-hydroxylation sites is 2. The quantitative estimate of drug-likeness (QED) is 0.220. The minimum absolute atomic E-state index is 1.03. The van der Waals surface area contributed by atoms with Crippen LogP contribution in [0, 0.1) is 0 Å². The fourth-order valence-corrected chi connectivity index (χ4v) is 4.46. The van der Waals surface area contributed by atoms with E-state index in [0.717, 1.165) is 11.0 Å². The molecule has 1 aromatic heterocycles. The summed E-state index contributed by atoms with van der Waals surface area (Å²) in [7, 11) is 0. The van der Waals surface area contributed by atoms with Crippen LogP contribution in [0.2, 0.25) is 0 Å². The van der Waals surface area contributed by atoms with E-state index in [2.05, 4.69) is 82.8 Å². The SMILES string of the molecule is c1cc2cccc3c4cccc5cccc(c(c1)c23)c54.c1ccc2[nH]cnc2c1. The van der Waals surface area contributed by atoms with Crippen molar-refractivity contribution < 1.29 is 0 Å². The molecule has 0 saturated carbocycles. The Balaban J connectivity index is 0.000000154. The molecule has 1 heterocycles. The molecule has 6 aromatic carbocycles. The average Bonchev–Trinajstić information content (AvgIpc) is 3.27. The van der Waals surface area contributed by atoms with E-state index in [9.17, 15) is 0 Å². The van der Waals surface area contributed by atoms with Crippen LogP contribution < -0.4 is 0 Å². The van der Waals surface area contributed by atoms with Crippen LogP contribution in [-0.2, 0) is 0 Å². The van der Waals surface area contributed by atoms with Crippen molar-refractivity contribution in [2.24, 2.45) is 0 Å². The molecule has 0 spiro atoms. The summed E-state index contributed by atoms with van der Waals surface area (Å²) in [5.74, 6) is 0. The summed E-state index contributed by atoms with van der Waals surface area (Å²) >= 11 is 0. The third-order valence-corrected chi connectivity index (χ3v) is 5.72. The maximum absolute atomic E-state index is 4.06. The Hall–Kier alpha value is -3.91. The van der Waals surface area contributed by atoms with Crippen LogP contribution in [0.3, 0.4) is 0 Å². The molecule has 0 unspecified atom stereocenters. The average molecular weight is 370 g/mol. The molecule has 136 valence electrons. The number of rotatable bonds is 0. The highest BCUT2D eigenvalue weighted by atomic mass is 14.9. The predicted molar refractivity (Wildman–Crippen MR) is 124 cm³/mol. The lowest BCUT2D eigenvalue weighted by Crippen LogP contribution is -1.85. The van der Waals surface area contributed by atoms with Crippen LogP contribution in [0.15, 0.2) is 103 Å². The van der Waals surface area contributed by atoms with Gasteiger partial charge in [-0.2, -0.15) is 0 Å². The monoisotopic (exact) mass is 370 g/mol. The molecule has 0 bridgehead atoms. The lowest BCUT2D eigenvalue weighted by atomic mass is 9.90. The van der Waals surface area contributed by atoms with Gasteiger partial charge in [0.05, 0.1) is 17.4 Å². The van der Waals surface area contributed by atoms with Crippen LogP contribution in [0.1, 0.15) is 0 Å². The lowest BCUT2D eigenvalue weighted by molar-refractivity contribution is 1.34. The van der Waals surface area contributed by atoms with Gasteiger partial charge in [-0.3, -0.25) is 0 Å². The molecule has 7 rings (SSSR count). The van der Waals surface area contributed by atoms with Crippen molar-refractivity contribution in [1.29, 1.82) is 0 Å². The summed E-state index contributed by atoms with van der Waals surface area (Å²) < 4.78 is 0. The van der Waals surface area contributed by atoms with E-state index >= 15 is 0 Å². The first kappa shape index (κ1) is 16.1. The molecule has 2 nitrogen and oxygen atoms in total. The predicted octanol–water partition coefficient (Wildman–Crippen LogP) is 7.30. The maximum atomic E-state index is 4.06. The highest BCUT2D eigenvalue weighted by Gasteiger charge is 2.11. The van der Waals surface area contributed by atoms with Crippen molar-refractivity contribution in [3.63, 3.8) is 0 Å². The van der Waals surface area contributed by atoms with E-state index in [0.29, 0.717) is 0 Å². The third-order valence-electron chi connectivity index (χ3n) is 5.72. The van der Waals surface area contributed by atoms with Gasteiger partial charge in [0.15, 0.2) is 0 Å². The molecule has 29 heavy (non-hydrogen) atoms. The third kappa shape index (κ3) is 2.46. The van der Waals surface area contributed by atoms with Gasteiger partial charge in [0.1, 0.15) is 0 Å². The Labute approximate surface area is 167 Å². The molecule has 0 aliphatic heterocycles. The number of fused-ring (bicyclic) bond motifs is 3. The largest absolute Gasteiger partial charge is 0.345 e. The number of nitrogens with zero attached hydrogens (tertiary/aromatic N) is 1. The van der Waals surface area contributed by atoms with E-state index < -0.39 is 0 Å². The smallest absolute Gasteiger partial charge is 0.0931 e.